The third-order valence-corrected chi connectivity index (χ3v) is 4.34. The van der Waals surface area contributed by atoms with Crippen LogP contribution in [0.1, 0.15) is 33.1 Å². The average molecular weight is 327 g/mol. The number of hydrogen-bond acceptors (Lipinski definition) is 5. The van der Waals surface area contributed by atoms with E-state index in [1.54, 1.807) is 7.05 Å². The Bertz CT molecular complexity index is 494. The number of aliphatic carboxylic acids is 1. The number of ketones is 1. The van der Waals surface area contributed by atoms with Crippen LogP contribution in [0.5, 0.6) is 0 Å². The van der Waals surface area contributed by atoms with Crippen LogP contribution >= 0.6 is 0 Å². The fourth-order valence-corrected chi connectivity index (χ4v) is 2.52. The lowest BCUT2D eigenvalue weighted by molar-refractivity contribution is -0.141. The SMILES string of the molecule is CC[C@H](C)C(N)C(=O)N[C@@H](CC(=O)O)C(=O)C1CC(=O)N(C)C1. The van der Waals surface area contributed by atoms with Gasteiger partial charge in [-0.3, -0.25) is 19.2 Å². The zero-order valence-electron chi connectivity index (χ0n) is 13.7. The van der Waals surface area contributed by atoms with Gasteiger partial charge in [-0.05, 0) is 5.92 Å². The summed E-state index contributed by atoms with van der Waals surface area (Å²) in [5, 5.41) is 11.4. The van der Waals surface area contributed by atoms with Crippen LogP contribution in [0.4, 0.5) is 0 Å². The maximum absolute atomic E-state index is 12.5. The average Bonchev–Trinajstić information content (AvgIpc) is 2.83. The molecule has 0 aromatic heterocycles. The predicted octanol–water partition coefficient (Wildman–Crippen LogP) is -0.633. The number of Topliss-reactive ketones (excluding diaryl/α,β-unsaturated/α-hetero) is 1. The molecular formula is C15H25N3O5. The maximum atomic E-state index is 12.5. The first-order valence-corrected chi connectivity index (χ1v) is 7.72. The molecule has 1 fully saturated rings. The molecule has 0 aliphatic carbocycles. The van der Waals surface area contributed by atoms with Crippen molar-refractivity contribution in [1.82, 2.24) is 10.2 Å². The summed E-state index contributed by atoms with van der Waals surface area (Å²) in [6, 6.07) is -1.98. The van der Waals surface area contributed by atoms with Gasteiger partial charge in [-0.25, -0.2) is 0 Å². The Morgan fingerprint density at radius 2 is 2.04 bits per heavy atom. The number of rotatable bonds is 8. The van der Waals surface area contributed by atoms with Crippen molar-refractivity contribution in [1.29, 1.82) is 0 Å². The first-order chi connectivity index (χ1) is 10.7. The molecule has 2 unspecified atom stereocenters. The lowest BCUT2D eigenvalue weighted by atomic mass is 9.93. The van der Waals surface area contributed by atoms with E-state index in [2.05, 4.69) is 5.32 Å². The van der Waals surface area contributed by atoms with Gasteiger partial charge in [-0.2, -0.15) is 0 Å². The van der Waals surface area contributed by atoms with Gasteiger partial charge in [0.1, 0.15) is 0 Å². The predicted molar refractivity (Wildman–Crippen MR) is 82.4 cm³/mol. The monoisotopic (exact) mass is 327 g/mol. The Balaban J connectivity index is 2.80. The molecule has 4 atom stereocenters. The van der Waals surface area contributed by atoms with Crippen LogP contribution in [0.25, 0.3) is 0 Å². The van der Waals surface area contributed by atoms with E-state index >= 15 is 0 Å². The second-order valence-corrected chi connectivity index (χ2v) is 6.15. The van der Waals surface area contributed by atoms with E-state index in [1.807, 2.05) is 13.8 Å². The van der Waals surface area contributed by atoms with Gasteiger partial charge in [0.25, 0.3) is 0 Å². The lowest BCUT2D eigenvalue weighted by Crippen LogP contribution is -2.52. The highest BCUT2D eigenvalue weighted by Crippen LogP contribution is 2.19. The Morgan fingerprint density at radius 3 is 2.48 bits per heavy atom. The van der Waals surface area contributed by atoms with Crippen LogP contribution in [-0.4, -0.2) is 59.2 Å². The second-order valence-electron chi connectivity index (χ2n) is 6.15. The number of carbonyl (C=O) groups is 4. The number of nitrogens with zero attached hydrogens (tertiary/aromatic N) is 1. The van der Waals surface area contributed by atoms with Gasteiger partial charge in [0.15, 0.2) is 5.78 Å². The molecule has 8 heteroatoms. The topological polar surface area (TPSA) is 130 Å². The standard InChI is InChI=1S/C15H25N3O5/c1-4-8(2)13(16)15(23)17-10(6-12(20)21)14(22)9-5-11(19)18(3)7-9/h8-10,13H,4-7,16H2,1-3H3,(H,17,23)(H,20,21)/t8-,9?,10-,13?/m0/s1. The molecule has 8 nitrogen and oxygen atoms in total. The van der Waals surface area contributed by atoms with E-state index in [4.69, 9.17) is 10.8 Å². The van der Waals surface area contributed by atoms with Crippen molar-refractivity contribution in [3.63, 3.8) is 0 Å². The fraction of sp³-hybridized carbons (Fsp3) is 0.733. The summed E-state index contributed by atoms with van der Waals surface area (Å²) in [5.41, 5.74) is 5.81. The first-order valence-electron chi connectivity index (χ1n) is 7.72. The van der Waals surface area contributed by atoms with E-state index in [0.717, 1.165) is 0 Å². The van der Waals surface area contributed by atoms with Crippen LogP contribution in [0.15, 0.2) is 0 Å². The van der Waals surface area contributed by atoms with Crippen LogP contribution in [0, 0.1) is 11.8 Å². The second kappa shape index (κ2) is 8.05. The number of hydrogen-bond donors (Lipinski definition) is 3. The molecular weight excluding hydrogens is 302 g/mol. The van der Waals surface area contributed by atoms with Crippen molar-refractivity contribution >= 4 is 23.6 Å². The number of likely N-dealkylation sites (tertiary alicyclic amines) is 1. The molecule has 1 heterocycles. The summed E-state index contributed by atoms with van der Waals surface area (Å²) in [4.78, 5) is 48.5. The largest absolute Gasteiger partial charge is 0.481 e. The van der Waals surface area contributed by atoms with Crippen LogP contribution in [0.2, 0.25) is 0 Å². The minimum atomic E-state index is -1.20. The molecule has 1 aliphatic heterocycles. The van der Waals surface area contributed by atoms with Crippen molar-refractivity contribution in [2.24, 2.45) is 17.6 Å². The zero-order valence-corrected chi connectivity index (χ0v) is 13.7. The van der Waals surface area contributed by atoms with Gasteiger partial charge < -0.3 is 21.1 Å². The Hall–Kier alpha value is -1.96. The van der Waals surface area contributed by atoms with Gasteiger partial charge in [0.2, 0.25) is 11.8 Å². The summed E-state index contributed by atoms with van der Waals surface area (Å²) >= 11 is 0. The summed E-state index contributed by atoms with van der Waals surface area (Å²) < 4.78 is 0. The van der Waals surface area contributed by atoms with Gasteiger partial charge in [0.05, 0.1) is 18.5 Å². The van der Waals surface area contributed by atoms with Crippen molar-refractivity contribution in [2.45, 2.75) is 45.2 Å². The normalized spacial score (nSPS) is 21.7. The third-order valence-electron chi connectivity index (χ3n) is 4.34. The number of nitrogens with two attached hydrogens (primary N) is 1. The van der Waals surface area contributed by atoms with Crippen LogP contribution in [0.3, 0.4) is 0 Å². The van der Waals surface area contributed by atoms with Gasteiger partial charge >= 0.3 is 5.97 Å². The molecule has 0 spiro atoms. The van der Waals surface area contributed by atoms with Gasteiger partial charge in [-0.1, -0.05) is 20.3 Å². The Labute approximate surface area is 135 Å². The number of amides is 2. The van der Waals surface area contributed by atoms with Gasteiger partial charge in [0, 0.05) is 25.9 Å². The summed E-state index contributed by atoms with van der Waals surface area (Å²) in [6.45, 7) is 3.93. The van der Waals surface area contributed by atoms with E-state index < -0.39 is 42.1 Å². The highest BCUT2D eigenvalue weighted by atomic mass is 16.4. The molecule has 1 saturated heterocycles. The summed E-state index contributed by atoms with van der Waals surface area (Å²) in [7, 11) is 1.58. The number of carboxylic acid groups (broad SMARTS) is 1. The third kappa shape index (κ3) is 5.02. The number of carboxylic acids is 1. The molecule has 4 N–H and O–H groups in total. The quantitative estimate of drug-likeness (QED) is 0.544. The lowest BCUT2D eigenvalue weighted by Gasteiger charge is -2.23. The van der Waals surface area contributed by atoms with Crippen molar-refractivity contribution in [3.05, 3.63) is 0 Å². The number of carbonyl (C=O) groups excluding carboxylic acids is 3. The van der Waals surface area contributed by atoms with E-state index in [0.29, 0.717) is 6.42 Å². The molecule has 0 saturated carbocycles. The Morgan fingerprint density at radius 1 is 1.43 bits per heavy atom. The fourth-order valence-electron chi connectivity index (χ4n) is 2.52. The molecule has 2 amide bonds. The van der Waals surface area contributed by atoms with Gasteiger partial charge in [-0.15, -0.1) is 0 Å². The molecule has 0 radical (unpaired) electrons. The van der Waals surface area contributed by atoms with E-state index in [-0.39, 0.29) is 24.8 Å². The highest BCUT2D eigenvalue weighted by Gasteiger charge is 2.37. The molecule has 0 aromatic rings. The molecule has 23 heavy (non-hydrogen) atoms. The van der Waals surface area contributed by atoms with Crippen molar-refractivity contribution in [3.8, 4) is 0 Å². The first kappa shape index (κ1) is 19.1. The minimum absolute atomic E-state index is 0.0404. The van der Waals surface area contributed by atoms with Crippen molar-refractivity contribution < 1.29 is 24.3 Å². The van der Waals surface area contributed by atoms with Crippen LogP contribution < -0.4 is 11.1 Å². The molecule has 1 rings (SSSR count). The van der Waals surface area contributed by atoms with E-state index in [1.165, 1.54) is 4.90 Å². The van der Waals surface area contributed by atoms with Crippen molar-refractivity contribution in [2.75, 3.05) is 13.6 Å². The highest BCUT2D eigenvalue weighted by molar-refractivity contribution is 5.97. The summed E-state index contributed by atoms with van der Waals surface area (Å²) in [5.74, 6) is -3.03. The molecule has 130 valence electrons. The zero-order chi connectivity index (χ0) is 17.7. The smallest absolute Gasteiger partial charge is 0.305 e. The van der Waals surface area contributed by atoms with E-state index in [9.17, 15) is 19.2 Å². The van der Waals surface area contributed by atoms with Crippen LogP contribution in [-0.2, 0) is 19.2 Å². The molecule has 0 bridgehead atoms. The Kier molecular flexibility index (Phi) is 6.68. The molecule has 1 aliphatic rings. The maximum Gasteiger partial charge on any atom is 0.305 e. The minimum Gasteiger partial charge on any atom is -0.481 e. The molecule has 0 aromatic carbocycles. The summed E-state index contributed by atoms with van der Waals surface area (Å²) in [6.07, 6.45) is 0.207. The number of nitrogens with one attached hydrogen (secondary N) is 1.